The van der Waals surface area contributed by atoms with Crippen molar-refractivity contribution in [1.82, 2.24) is 9.69 Å². The molecule has 0 radical (unpaired) electrons. The maximum Gasteiger partial charge on any atom is 0.273 e. The number of methoxy groups -OCH3 is 1. The summed E-state index contributed by atoms with van der Waals surface area (Å²) in [4.78, 5) is 43.3. The van der Waals surface area contributed by atoms with Crippen molar-refractivity contribution in [2.75, 3.05) is 36.7 Å². The van der Waals surface area contributed by atoms with Crippen LogP contribution in [0.4, 0.5) is 17.1 Å². The summed E-state index contributed by atoms with van der Waals surface area (Å²) in [6.45, 7) is 0.251. The molecular formula is C29H30N6O4S. The van der Waals surface area contributed by atoms with Crippen molar-refractivity contribution in [1.29, 1.82) is 0 Å². The number of ether oxygens (including phenoxy) is 1. The van der Waals surface area contributed by atoms with Gasteiger partial charge in [0.25, 0.3) is 11.8 Å². The van der Waals surface area contributed by atoms with Gasteiger partial charge in [0.15, 0.2) is 5.69 Å². The molecule has 0 spiro atoms. The van der Waals surface area contributed by atoms with Gasteiger partial charge in [-0.1, -0.05) is 48.5 Å². The first-order valence-electron chi connectivity index (χ1n) is 12.3. The second kappa shape index (κ2) is 12.3. The van der Waals surface area contributed by atoms with E-state index in [4.69, 9.17) is 16.2 Å². The standard InChI is InChI=1S/C29H30N6O4S/c1-34(2)20-14-12-19(13-15-20)25(28(37)32-17-18-8-5-4-6-9-18)35(21-10-7-11-22(16-21)39-3)29(38)26-23(30)24(27(31)36)33-40-26/h4-16,25H,17,30H2,1-3H3,(H2,31,36)(H,32,37)/t25-/m1/s1. The van der Waals surface area contributed by atoms with E-state index in [1.54, 1.807) is 36.4 Å². The van der Waals surface area contributed by atoms with Crippen molar-refractivity contribution in [2.45, 2.75) is 12.6 Å². The lowest BCUT2D eigenvalue weighted by molar-refractivity contribution is -0.122. The van der Waals surface area contributed by atoms with Gasteiger partial charge in [-0.2, -0.15) is 4.37 Å². The van der Waals surface area contributed by atoms with Gasteiger partial charge < -0.3 is 26.4 Å². The van der Waals surface area contributed by atoms with Crippen molar-refractivity contribution in [3.63, 3.8) is 0 Å². The van der Waals surface area contributed by atoms with E-state index in [0.29, 0.717) is 17.0 Å². The van der Waals surface area contributed by atoms with E-state index < -0.39 is 23.8 Å². The van der Waals surface area contributed by atoms with Gasteiger partial charge in [0.1, 0.15) is 16.7 Å². The van der Waals surface area contributed by atoms with Crippen LogP contribution in [0.25, 0.3) is 0 Å². The molecule has 0 aliphatic rings. The number of primary amides is 1. The summed E-state index contributed by atoms with van der Waals surface area (Å²) in [5.74, 6) is -1.41. The Morgan fingerprint density at radius 1 is 0.975 bits per heavy atom. The van der Waals surface area contributed by atoms with Crippen molar-refractivity contribution in [3.05, 3.63) is 101 Å². The molecule has 0 saturated carbocycles. The summed E-state index contributed by atoms with van der Waals surface area (Å²) in [6, 6.07) is 22.5. The maximum atomic E-state index is 14.2. The molecule has 10 nitrogen and oxygen atoms in total. The van der Waals surface area contributed by atoms with Crippen LogP contribution in [-0.2, 0) is 11.3 Å². The van der Waals surface area contributed by atoms with Crippen LogP contribution in [-0.4, -0.2) is 43.3 Å². The SMILES string of the molecule is COc1cccc(N(C(=O)c2snc(C(N)=O)c2N)[C@@H](C(=O)NCc2ccccc2)c2ccc(N(C)C)cc2)c1. The molecule has 0 aliphatic heterocycles. The lowest BCUT2D eigenvalue weighted by atomic mass is 10.0. The number of rotatable bonds is 10. The van der Waals surface area contributed by atoms with Crippen LogP contribution < -0.4 is 31.3 Å². The van der Waals surface area contributed by atoms with Gasteiger partial charge in [-0.05, 0) is 46.9 Å². The van der Waals surface area contributed by atoms with Crippen LogP contribution in [0.5, 0.6) is 5.75 Å². The largest absolute Gasteiger partial charge is 0.497 e. The summed E-state index contributed by atoms with van der Waals surface area (Å²) in [5, 5.41) is 2.97. The number of aromatic nitrogens is 1. The first kappa shape index (κ1) is 28.1. The highest BCUT2D eigenvalue weighted by Gasteiger charge is 2.36. The van der Waals surface area contributed by atoms with E-state index in [0.717, 1.165) is 22.8 Å². The second-order valence-electron chi connectivity index (χ2n) is 9.11. The fourth-order valence-electron chi connectivity index (χ4n) is 4.14. The number of carbonyl (C=O) groups is 3. The van der Waals surface area contributed by atoms with E-state index >= 15 is 0 Å². The molecule has 0 bridgehead atoms. The molecule has 40 heavy (non-hydrogen) atoms. The van der Waals surface area contributed by atoms with Gasteiger partial charge in [0.05, 0.1) is 12.8 Å². The van der Waals surface area contributed by atoms with Crippen molar-refractivity contribution in [2.24, 2.45) is 5.73 Å². The molecule has 0 fully saturated rings. The number of nitrogens with zero attached hydrogens (tertiary/aromatic N) is 3. The van der Waals surface area contributed by atoms with Crippen LogP contribution in [0, 0.1) is 0 Å². The third kappa shape index (κ3) is 6.05. The van der Waals surface area contributed by atoms with Crippen LogP contribution in [0.3, 0.4) is 0 Å². The monoisotopic (exact) mass is 558 g/mol. The smallest absolute Gasteiger partial charge is 0.273 e. The minimum Gasteiger partial charge on any atom is -0.497 e. The lowest BCUT2D eigenvalue weighted by Crippen LogP contribution is -2.44. The van der Waals surface area contributed by atoms with Crippen LogP contribution >= 0.6 is 11.5 Å². The third-order valence-corrected chi connectivity index (χ3v) is 7.10. The van der Waals surface area contributed by atoms with Crippen molar-refractivity contribution >= 4 is 46.3 Å². The molecule has 4 rings (SSSR count). The first-order chi connectivity index (χ1) is 19.2. The van der Waals surface area contributed by atoms with E-state index in [2.05, 4.69) is 9.69 Å². The average molecular weight is 559 g/mol. The van der Waals surface area contributed by atoms with Gasteiger partial charge in [0.2, 0.25) is 5.91 Å². The zero-order chi connectivity index (χ0) is 28.8. The van der Waals surface area contributed by atoms with E-state index in [1.807, 2.05) is 61.5 Å². The minimum absolute atomic E-state index is 0.0117. The number of benzene rings is 3. The summed E-state index contributed by atoms with van der Waals surface area (Å²) >= 11 is 0.750. The highest BCUT2D eigenvalue weighted by Crippen LogP contribution is 2.35. The Bertz CT molecular complexity index is 1500. The second-order valence-corrected chi connectivity index (χ2v) is 9.88. The molecule has 0 saturated heterocycles. The Kier molecular flexibility index (Phi) is 8.65. The molecule has 206 valence electrons. The van der Waals surface area contributed by atoms with Gasteiger partial charge in [-0.3, -0.25) is 19.3 Å². The number of nitrogen functional groups attached to an aromatic ring is 1. The van der Waals surface area contributed by atoms with Gasteiger partial charge in [-0.25, -0.2) is 0 Å². The Morgan fingerprint density at radius 3 is 2.27 bits per heavy atom. The number of anilines is 3. The molecule has 5 N–H and O–H groups in total. The maximum absolute atomic E-state index is 14.2. The minimum atomic E-state index is -1.11. The summed E-state index contributed by atoms with van der Waals surface area (Å²) < 4.78 is 9.40. The zero-order valence-electron chi connectivity index (χ0n) is 22.3. The summed E-state index contributed by atoms with van der Waals surface area (Å²) in [5.41, 5.74) is 14.0. The number of hydrogen-bond donors (Lipinski definition) is 3. The number of carbonyl (C=O) groups excluding carboxylic acids is 3. The molecule has 0 unspecified atom stereocenters. The summed E-state index contributed by atoms with van der Waals surface area (Å²) in [7, 11) is 5.33. The normalized spacial score (nSPS) is 11.4. The Morgan fingerprint density at radius 2 is 1.68 bits per heavy atom. The molecule has 3 aromatic carbocycles. The van der Waals surface area contributed by atoms with E-state index in [-0.39, 0.29) is 22.8 Å². The topological polar surface area (TPSA) is 144 Å². The third-order valence-electron chi connectivity index (χ3n) is 6.25. The molecule has 3 amide bonds. The Hall–Kier alpha value is -4.90. The molecule has 4 aromatic rings. The molecule has 1 aromatic heterocycles. The average Bonchev–Trinajstić information content (AvgIpc) is 3.36. The fraction of sp³-hybridized carbons (Fsp3) is 0.172. The number of nitrogens with one attached hydrogen (secondary N) is 1. The molecular weight excluding hydrogens is 528 g/mol. The van der Waals surface area contributed by atoms with Crippen LogP contribution in [0.2, 0.25) is 0 Å². The quantitative estimate of drug-likeness (QED) is 0.270. The number of amides is 3. The van der Waals surface area contributed by atoms with Gasteiger partial charge in [0, 0.05) is 38.1 Å². The predicted molar refractivity (Wildman–Crippen MR) is 157 cm³/mol. The van der Waals surface area contributed by atoms with E-state index in [1.165, 1.54) is 12.0 Å². The Labute approximate surface area is 236 Å². The number of nitrogens with two attached hydrogens (primary N) is 2. The molecule has 0 aliphatic carbocycles. The fourth-order valence-corrected chi connectivity index (χ4v) is 4.88. The van der Waals surface area contributed by atoms with Gasteiger partial charge in [-0.15, -0.1) is 0 Å². The van der Waals surface area contributed by atoms with Gasteiger partial charge >= 0.3 is 0 Å². The highest BCUT2D eigenvalue weighted by atomic mass is 32.1. The van der Waals surface area contributed by atoms with Crippen molar-refractivity contribution < 1.29 is 19.1 Å². The molecule has 1 heterocycles. The van der Waals surface area contributed by atoms with E-state index in [9.17, 15) is 14.4 Å². The van der Waals surface area contributed by atoms with Crippen molar-refractivity contribution in [3.8, 4) is 5.75 Å². The first-order valence-corrected chi connectivity index (χ1v) is 13.1. The number of hydrogen-bond acceptors (Lipinski definition) is 8. The van der Waals surface area contributed by atoms with Crippen LogP contribution in [0.1, 0.15) is 37.3 Å². The zero-order valence-corrected chi connectivity index (χ0v) is 23.1. The summed E-state index contributed by atoms with van der Waals surface area (Å²) in [6.07, 6.45) is 0. The lowest BCUT2D eigenvalue weighted by Gasteiger charge is -2.31. The van der Waals surface area contributed by atoms with Crippen LogP contribution in [0.15, 0.2) is 78.9 Å². The Balaban J connectivity index is 1.85. The highest BCUT2D eigenvalue weighted by molar-refractivity contribution is 7.09. The molecule has 11 heteroatoms. The predicted octanol–water partition coefficient (Wildman–Crippen LogP) is 3.60. The molecule has 1 atom stereocenters.